The molecule has 0 aromatic carbocycles. The van der Waals surface area contributed by atoms with E-state index in [1.165, 1.54) is 6.20 Å². The van der Waals surface area contributed by atoms with E-state index in [-0.39, 0.29) is 17.5 Å². The number of carbonyl (C=O) groups excluding carboxylic acids is 1. The molecule has 21 heavy (non-hydrogen) atoms. The smallest absolute Gasteiger partial charge is 0.260 e. The molecule has 1 aromatic rings. The van der Waals surface area contributed by atoms with Crippen LogP contribution < -0.4 is 10.0 Å². The van der Waals surface area contributed by atoms with Gasteiger partial charge in [0.25, 0.3) is 10.0 Å². The lowest BCUT2D eigenvalue weighted by molar-refractivity contribution is -0.130. The normalized spacial score (nSPS) is 16.2. The van der Waals surface area contributed by atoms with Gasteiger partial charge in [0.2, 0.25) is 5.91 Å². The number of aryl methyl sites for hydroxylation is 2. The molecular weight excluding hydrogens is 294 g/mol. The SMILES string of the molecule is CCn1cc(S(=O)(=O)NCC(=O)N2CCNCC2)nc1C. The van der Waals surface area contributed by atoms with Gasteiger partial charge in [-0.25, -0.2) is 18.1 Å². The number of sulfonamides is 1. The summed E-state index contributed by atoms with van der Waals surface area (Å²) >= 11 is 0. The molecule has 0 bridgehead atoms. The minimum Gasteiger partial charge on any atom is -0.339 e. The van der Waals surface area contributed by atoms with E-state index < -0.39 is 10.0 Å². The van der Waals surface area contributed by atoms with Gasteiger partial charge in [-0.15, -0.1) is 0 Å². The Morgan fingerprint density at radius 1 is 1.43 bits per heavy atom. The van der Waals surface area contributed by atoms with E-state index in [0.29, 0.717) is 25.5 Å². The number of hydrogen-bond donors (Lipinski definition) is 2. The molecule has 8 nitrogen and oxygen atoms in total. The van der Waals surface area contributed by atoms with Crippen molar-refractivity contribution in [2.45, 2.75) is 25.4 Å². The zero-order valence-electron chi connectivity index (χ0n) is 12.3. The minimum atomic E-state index is -3.75. The highest BCUT2D eigenvalue weighted by molar-refractivity contribution is 7.89. The number of aromatic nitrogens is 2. The summed E-state index contributed by atoms with van der Waals surface area (Å²) in [5, 5.41) is 3.09. The van der Waals surface area contributed by atoms with Crippen LogP contribution in [0.25, 0.3) is 0 Å². The molecule has 1 aliphatic rings. The first kappa shape index (κ1) is 15.9. The number of rotatable bonds is 5. The van der Waals surface area contributed by atoms with E-state index >= 15 is 0 Å². The number of nitrogens with zero attached hydrogens (tertiary/aromatic N) is 3. The highest BCUT2D eigenvalue weighted by Crippen LogP contribution is 2.08. The Kier molecular flexibility index (Phi) is 4.96. The standard InChI is InChI=1S/C12H21N5O3S/c1-3-16-9-11(15-10(16)2)21(19,20)14-8-12(18)17-6-4-13-5-7-17/h9,13-14H,3-8H2,1-2H3. The predicted octanol–water partition coefficient (Wildman–Crippen LogP) is -1.08. The summed E-state index contributed by atoms with van der Waals surface area (Å²) in [6, 6.07) is 0. The molecule has 118 valence electrons. The molecule has 1 amide bonds. The molecule has 0 saturated carbocycles. The first-order chi connectivity index (χ1) is 9.94. The van der Waals surface area contributed by atoms with Crippen molar-refractivity contribution in [1.29, 1.82) is 0 Å². The Bertz CT molecular complexity index is 604. The molecule has 1 aliphatic heterocycles. The van der Waals surface area contributed by atoms with Crippen LogP contribution in [0.3, 0.4) is 0 Å². The fourth-order valence-electron chi connectivity index (χ4n) is 2.19. The lowest BCUT2D eigenvalue weighted by atomic mass is 10.3. The van der Waals surface area contributed by atoms with Gasteiger partial charge in [-0.1, -0.05) is 0 Å². The van der Waals surface area contributed by atoms with Gasteiger partial charge in [0.1, 0.15) is 5.82 Å². The number of imidazole rings is 1. The average molecular weight is 315 g/mol. The molecule has 0 atom stereocenters. The van der Waals surface area contributed by atoms with Gasteiger partial charge in [0.05, 0.1) is 6.54 Å². The van der Waals surface area contributed by atoms with E-state index in [0.717, 1.165) is 13.1 Å². The number of hydrogen-bond acceptors (Lipinski definition) is 5. The third-order valence-corrected chi connectivity index (χ3v) is 4.72. The highest BCUT2D eigenvalue weighted by Gasteiger charge is 2.22. The Hall–Kier alpha value is -1.45. The van der Waals surface area contributed by atoms with E-state index in [1.54, 1.807) is 16.4 Å². The highest BCUT2D eigenvalue weighted by atomic mass is 32.2. The second kappa shape index (κ2) is 6.54. The second-order valence-corrected chi connectivity index (χ2v) is 6.58. The van der Waals surface area contributed by atoms with Crippen LogP contribution in [0.4, 0.5) is 0 Å². The van der Waals surface area contributed by atoms with Crippen LogP contribution in [0.2, 0.25) is 0 Å². The van der Waals surface area contributed by atoms with Crippen molar-refractivity contribution in [3.05, 3.63) is 12.0 Å². The quantitative estimate of drug-likeness (QED) is 0.721. The summed E-state index contributed by atoms with van der Waals surface area (Å²) in [7, 11) is -3.75. The van der Waals surface area contributed by atoms with Crippen LogP contribution >= 0.6 is 0 Å². The summed E-state index contributed by atoms with van der Waals surface area (Å²) in [5.74, 6) is 0.415. The van der Waals surface area contributed by atoms with Crippen LogP contribution in [-0.4, -0.2) is 61.5 Å². The molecule has 0 radical (unpaired) electrons. The molecule has 9 heteroatoms. The fraction of sp³-hybridized carbons (Fsp3) is 0.667. The Balaban J connectivity index is 1.98. The molecular formula is C12H21N5O3S. The van der Waals surface area contributed by atoms with Crippen molar-refractivity contribution in [3.8, 4) is 0 Å². The Morgan fingerprint density at radius 3 is 2.67 bits per heavy atom. The van der Waals surface area contributed by atoms with Gasteiger partial charge >= 0.3 is 0 Å². The molecule has 1 aromatic heterocycles. The van der Waals surface area contributed by atoms with Crippen LogP contribution in [0.15, 0.2) is 11.2 Å². The van der Waals surface area contributed by atoms with E-state index in [4.69, 9.17) is 0 Å². The molecule has 2 N–H and O–H groups in total. The van der Waals surface area contributed by atoms with Crippen molar-refractivity contribution in [1.82, 2.24) is 24.5 Å². The van der Waals surface area contributed by atoms with Crippen molar-refractivity contribution in [2.24, 2.45) is 0 Å². The van der Waals surface area contributed by atoms with E-state index in [2.05, 4.69) is 15.0 Å². The molecule has 2 heterocycles. The third kappa shape index (κ3) is 3.80. The van der Waals surface area contributed by atoms with Gasteiger partial charge in [-0.2, -0.15) is 0 Å². The van der Waals surface area contributed by atoms with Crippen molar-refractivity contribution in [3.63, 3.8) is 0 Å². The topological polar surface area (TPSA) is 96.3 Å². The van der Waals surface area contributed by atoms with Crippen molar-refractivity contribution in [2.75, 3.05) is 32.7 Å². The predicted molar refractivity (Wildman–Crippen MR) is 77.3 cm³/mol. The number of amides is 1. The second-order valence-electron chi connectivity index (χ2n) is 4.87. The minimum absolute atomic E-state index is 0.0463. The zero-order chi connectivity index (χ0) is 15.5. The molecule has 0 spiro atoms. The van der Waals surface area contributed by atoms with Crippen LogP contribution in [0.5, 0.6) is 0 Å². The first-order valence-corrected chi connectivity index (χ1v) is 8.44. The average Bonchev–Trinajstić information content (AvgIpc) is 2.88. The number of carbonyl (C=O) groups is 1. The summed E-state index contributed by atoms with van der Waals surface area (Å²) in [6.07, 6.45) is 1.48. The molecule has 0 aliphatic carbocycles. The first-order valence-electron chi connectivity index (χ1n) is 6.96. The van der Waals surface area contributed by atoms with Gasteiger partial charge in [0, 0.05) is 38.9 Å². The molecule has 1 fully saturated rings. The molecule has 0 unspecified atom stereocenters. The van der Waals surface area contributed by atoms with Crippen LogP contribution in [0, 0.1) is 6.92 Å². The van der Waals surface area contributed by atoms with Crippen LogP contribution in [0.1, 0.15) is 12.7 Å². The van der Waals surface area contributed by atoms with Crippen molar-refractivity contribution < 1.29 is 13.2 Å². The maximum atomic E-state index is 12.1. The summed E-state index contributed by atoms with van der Waals surface area (Å²) in [5.41, 5.74) is 0. The van der Waals surface area contributed by atoms with Gasteiger partial charge in [-0.05, 0) is 13.8 Å². The van der Waals surface area contributed by atoms with Crippen LogP contribution in [-0.2, 0) is 21.4 Å². The fourth-order valence-corrected chi connectivity index (χ4v) is 3.17. The Morgan fingerprint density at radius 2 is 2.10 bits per heavy atom. The van der Waals surface area contributed by atoms with E-state index in [9.17, 15) is 13.2 Å². The lowest BCUT2D eigenvalue weighted by Crippen LogP contribution is -2.49. The van der Waals surface area contributed by atoms with Gasteiger partial charge in [0.15, 0.2) is 5.03 Å². The zero-order valence-corrected chi connectivity index (χ0v) is 13.1. The molecule has 1 saturated heterocycles. The summed E-state index contributed by atoms with van der Waals surface area (Å²) in [4.78, 5) is 17.6. The van der Waals surface area contributed by atoms with Gasteiger partial charge < -0.3 is 14.8 Å². The Labute approximate surface area is 124 Å². The van der Waals surface area contributed by atoms with Gasteiger partial charge in [-0.3, -0.25) is 4.79 Å². The monoisotopic (exact) mass is 315 g/mol. The number of piperazine rings is 1. The maximum absolute atomic E-state index is 12.1. The largest absolute Gasteiger partial charge is 0.339 e. The van der Waals surface area contributed by atoms with Crippen molar-refractivity contribution >= 4 is 15.9 Å². The number of nitrogens with one attached hydrogen (secondary N) is 2. The summed E-state index contributed by atoms with van der Waals surface area (Å²) in [6.45, 7) is 6.74. The molecule has 2 rings (SSSR count). The lowest BCUT2D eigenvalue weighted by Gasteiger charge is -2.27. The third-order valence-electron chi connectivity index (χ3n) is 3.45. The summed E-state index contributed by atoms with van der Waals surface area (Å²) < 4.78 is 28.3. The maximum Gasteiger partial charge on any atom is 0.260 e. The van der Waals surface area contributed by atoms with E-state index in [1.807, 2.05) is 6.92 Å².